The van der Waals surface area contributed by atoms with Gasteiger partial charge in [-0.2, -0.15) is 9.97 Å². The Balaban J connectivity index is 1.28. The van der Waals surface area contributed by atoms with Gasteiger partial charge in [0.1, 0.15) is 12.4 Å². The zero-order chi connectivity index (χ0) is 28.2. The summed E-state index contributed by atoms with van der Waals surface area (Å²) in [5.41, 5.74) is 5.71. The van der Waals surface area contributed by atoms with Crippen LogP contribution in [0.4, 0.5) is 10.2 Å². The molecule has 1 aromatic heterocycles. The maximum absolute atomic E-state index is 13.7. The van der Waals surface area contributed by atoms with Crippen LogP contribution in [0.3, 0.4) is 0 Å². The number of halogens is 2. The molecule has 1 aliphatic carbocycles. The van der Waals surface area contributed by atoms with E-state index in [4.69, 9.17) is 26.3 Å². The second-order valence-electron chi connectivity index (χ2n) is 11.9. The maximum atomic E-state index is 13.7. The van der Waals surface area contributed by atoms with E-state index in [1.165, 1.54) is 29.5 Å². The molecule has 4 heterocycles. The van der Waals surface area contributed by atoms with Crippen molar-refractivity contribution in [1.82, 2.24) is 19.8 Å². The highest BCUT2D eigenvalue weighted by Crippen LogP contribution is 2.43. The van der Waals surface area contributed by atoms with Crippen LogP contribution in [0.2, 0.25) is 5.02 Å². The maximum Gasteiger partial charge on any atom is 0.319 e. The van der Waals surface area contributed by atoms with E-state index in [0.717, 1.165) is 60.9 Å². The highest BCUT2D eigenvalue weighted by molar-refractivity contribution is 6.34. The number of rotatable bonds is 6. The molecule has 0 bridgehead atoms. The lowest BCUT2D eigenvalue weighted by atomic mass is 9.85. The number of aryl methyl sites for hydroxylation is 1. The fraction of sp³-hybridized carbons (Fsp3) is 0.469. The molecule has 3 atom stereocenters. The SMILES string of the molecule is C=C(F)C(=O)N1CCC2[C@H]1CN2c1nc(OC[C@@H]2CCCN2C)nc2cc(-c3cccc4c3CCCC4)c(Cl)cc12. The van der Waals surface area contributed by atoms with Crippen molar-refractivity contribution >= 4 is 34.2 Å². The normalized spacial score (nSPS) is 23.8. The van der Waals surface area contributed by atoms with Gasteiger partial charge in [-0.05, 0) is 87.4 Å². The van der Waals surface area contributed by atoms with Gasteiger partial charge < -0.3 is 19.4 Å². The molecule has 9 heteroatoms. The van der Waals surface area contributed by atoms with Gasteiger partial charge in [0, 0.05) is 35.1 Å². The van der Waals surface area contributed by atoms with E-state index in [9.17, 15) is 9.18 Å². The van der Waals surface area contributed by atoms with Crippen molar-refractivity contribution in [3.8, 4) is 17.1 Å². The highest BCUT2D eigenvalue weighted by Gasteiger charge is 2.50. The van der Waals surface area contributed by atoms with E-state index >= 15 is 0 Å². The van der Waals surface area contributed by atoms with Crippen LogP contribution in [0.15, 0.2) is 42.7 Å². The van der Waals surface area contributed by atoms with E-state index < -0.39 is 11.7 Å². The van der Waals surface area contributed by atoms with Gasteiger partial charge in [-0.3, -0.25) is 4.79 Å². The molecule has 41 heavy (non-hydrogen) atoms. The molecule has 2 aromatic carbocycles. The van der Waals surface area contributed by atoms with E-state index in [0.29, 0.717) is 36.8 Å². The monoisotopic (exact) mass is 575 g/mol. The van der Waals surface area contributed by atoms with Crippen molar-refractivity contribution in [2.45, 2.75) is 63.1 Å². The van der Waals surface area contributed by atoms with Gasteiger partial charge >= 0.3 is 6.01 Å². The van der Waals surface area contributed by atoms with Crippen LogP contribution in [-0.2, 0) is 17.6 Å². The minimum Gasteiger partial charge on any atom is -0.462 e. The van der Waals surface area contributed by atoms with Crippen LogP contribution in [0.5, 0.6) is 6.01 Å². The highest BCUT2D eigenvalue weighted by atomic mass is 35.5. The van der Waals surface area contributed by atoms with Crippen molar-refractivity contribution < 1.29 is 13.9 Å². The Kier molecular flexibility index (Phi) is 6.86. The average molecular weight is 576 g/mol. The quantitative estimate of drug-likeness (QED) is 0.358. The zero-order valence-electron chi connectivity index (χ0n) is 23.4. The molecule has 0 saturated carbocycles. The van der Waals surface area contributed by atoms with Crippen molar-refractivity contribution in [2.24, 2.45) is 0 Å². The third-order valence-corrected chi connectivity index (χ3v) is 9.88. The molecule has 214 valence electrons. The summed E-state index contributed by atoms with van der Waals surface area (Å²) in [4.78, 5) is 28.3. The molecule has 3 saturated heterocycles. The van der Waals surface area contributed by atoms with Crippen molar-refractivity contribution in [3.63, 3.8) is 0 Å². The molecule has 7 nitrogen and oxygen atoms in total. The fourth-order valence-corrected chi connectivity index (χ4v) is 7.53. The van der Waals surface area contributed by atoms with Gasteiger partial charge in [-0.25, -0.2) is 4.39 Å². The summed E-state index contributed by atoms with van der Waals surface area (Å²) in [5.74, 6) is -0.775. The fourth-order valence-electron chi connectivity index (χ4n) is 7.27. The number of fused-ring (bicyclic) bond motifs is 3. The molecule has 3 aliphatic heterocycles. The van der Waals surface area contributed by atoms with Crippen LogP contribution in [0.25, 0.3) is 22.0 Å². The number of carbonyl (C=O) groups excluding carboxylic acids is 1. The molecular weight excluding hydrogens is 541 g/mol. The number of carbonyl (C=O) groups is 1. The number of benzene rings is 2. The van der Waals surface area contributed by atoms with Gasteiger partial charge in [0.05, 0.1) is 17.6 Å². The third-order valence-electron chi connectivity index (χ3n) is 9.57. The first-order chi connectivity index (χ1) is 19.9. The van der Waals surface area contributed by atoms with Crippen molar-refractivity contribution in [3.05, 3.63) is 58.9 Å². The van der Waals surface area contributed by atoms with Gasteiger partial charge in [0.25, 0.3) is 5.91 Å². The first-order valence-electron chi connectivity index (χ1n) is 14.8. The molecule has 0 radical (unpaired) electrons. The van der Waals surface area contributed by atoms with Gasteiger partial charge in [0.2, 0.25) is 0 Å². The average Bonchev–Trinajstić information content (AvgIpc) is 3.52. The minimum atomic E-state index is -0.911. The number of hydrogen-bond donors (Lipinski definition) is 0. The Labute approximate surface area is 244 Å². The van der Waals surface area contributed by atoms with Crippen LogP contribution >= 0.6 is 11.6 Å². The smallest absolute Gasteiger partial charge is 0.319 e. The molecule has 4 aliphatic rings. The van der Waals surface area contributed by atoms with Crippen LogP contribution in [-0.4, -0.2) is 77.1 Å². The summed E-state index contributed by atoms with van der Waals surface area (Å²) >= 11 is 7.02. The van der Waals surface area contributed by atoms with Gasteiger partial charge in [-0.15, -0.1) is 0 Å². The first-order valence-corrected chi connectivity index (χ1v) is 15.1. The molecule has 1 unspecified atom stereocenters. The molecular formula is C32H35ClFN5O2. The van der Waals surface area contributed by atoms with Crippen LogP contribution < -0.4 is 9.64 Å². The number of nitrogens with zero attached hydrogens (tertiary/aromatic N) is 5. The zero-order valence-corrected chi connectivity index (χ0v) is 24.2. The second kappa shape index (κ2) is 10.6. The summed E-state index contributed by atoms with van der Waals surface area (Å²) in [7, 11) is 2.13. The minimum absolute atomic E-state index is 0.0461. The summed E-state index contributed by atoms with van der Waals surface area (Å²) in [6.07, 6.45) is 7.54. The number of aromatic nitrogens is 2. The van der Waals surface area contributed by atoms with Crippen LogP contribution in [0, 0.1) is 0 Å². The summed E-state index contributed by atoms with van der Waals surface area (Å²) in [6.45, 7) is 5.87. The Bertz CT molecular complexity index is 1550. The number of amides is 1. The summed E-state index contributed by atoms with van der Waals surface area (Å²) < 4.78 is 19.9. The van der Waals surface area contributed by atoms with E-state index in [1.807, 2.05) is 6.07 Å². The predicted octanol–water partition coefficient (Wildman–Crippen LogP) is 5.57. The van der Waals surface area contributed by atoms with E-state index in [1.54, 1.807) is 4.90 Å². The molecule has 7 rings (SSSR count). The number of likely N-dealkylation sites (tertiary alicyclic amines) is 2. The van der Waals surface area contributed by atoms with Crippen molar-refractivity contribution in [2.75, 3.05) is 38.2 Å². The number of hydrogen-bond acceptors (Lipinski definition) is 6. The summed E-state index contributed by atoms with van der Waals surface area (Å²) in [5, 5.41) is 1.52. The number of ether oxygens (including phenoxy) is 1. The summed E-state index contributed by atoms with van der Waals surface area (Å²) in [6, 6.07) is 11.2. The molecule has 1 amide bonds. The first kappa shape index (κ1) is 26.7. The topological polar surface area (TPSA) is 61.8 Å². The van der Waals surface area contributed by atoms with E-state index in [-0.39, 0.29) is 12.1 Å². The van der Waals surface area contributed by atoms with Gasteiger partial charge in [0.15, 0.2) is 5.83 Å². The van der Waals surface area contributed by atoms with Crippen molar-refractivity contribution in [1.29, 1.82) is 0 Å². The van der Waals surface area contributed by atoms with E-state index in [2.05, 4.69) is 47.7 Å². The lowest BCUT2D eigenvalue weighted by Gasteiger charge is -2.47. The number of anilines is 1. The van der Waals surface area contributed by atoms with Gasteiger partial charge in [-0.1, -0.05) is 36.4 Å². The lowest BCUT2D eigenvalue weighted by molar-refractivity contribution is -0.130. The Morgan fingerprint density at radius 2 is 1.95 bits per heavy atom. The Morgan fingerprint density at radius 1 is 1.10 bits per heavy atom. The molecule has 3 aromatic rings. The lowest BCUT2D eigenvalue weighted by Crippen LogP contribution is -2.63. The molecule has 0 spiro atoms. The second-order valence-corrected chi connectivity index (χ2v) is 12.3. The molecule has 3 fully saturated rings. The third kappa shape index (κ3) is 4.65. The predicted molar refractivity (Wildman–Crippen MR) is 159 cm³/mol. The largest absolute Gasteiger partial charge is 0.462 e. The Morgan fingerprint density at radius 3 is 2.76 bits per heavy atom. The number of likely N-dealkylation sites (N-methyl/N-ethyl adjacent to an activating group) is 1. The molecule has 0 N–H and O–H groups in total. The standard InChI is InChI=1S/C32H35ClFN5O2/c1-19(34)31(40)38-14-12-28-29(38)17-39(28)30-25-15-26(33)24(23-11-5-8-20-7-3-4-10-22(20)23)16-27(25)35-32(36-30)41-18-21-9-6-13-37(21)2/h5,8,11,15-16,21,28-29H,1,3-4,6-7,9-10,12-14,17-18H2,2H3/t21-,28?,29+/m0/s1. The Hall–Kier alpha value is -3.23. The van der Waals surface area contributed by atoms with Crippen LogP contribution in [0.1, 0.15) is 43.2 Å².